The molecule has 0 radical (unpaired) electrons. The average molecular weight is 219 g/mol. The summed E-state index contributed by atoms with van der Waals surface area (Å²) in [6.07, 6.45) is 2.23. The molecular weight excluding hydrogens is 206 g/mol. The van der Waals surface area contributed by atoms with Gasteiger partial charge in [0.05, 0.1) is 18.7 Å². The first-order valence-corrected chi connectivity index (χ1v) is 4.84. The van der Waals surface area contributed by atoms with E-state index < -0.39 is 5.97 Å². The molecule has 0 bridgehead atoms. The van der Waals surface area contributed by atoms with Crippen LogP contribution >= 0.6 is 0 Å². The minimum absolute atomic E-state index is 0.0323. The van der Waals surface area contributed by atoms with E-state index in [1.165, 1.54) is 5.06 Å². The molecule has 1 aromatic carbocycles. The van der Waals surface area contributed by atoms with Crippen LogP contribution in [0.3, 0.4) is 0 Å². The maximum Gasteiger partial charge on any atom is 0.357 e. The third-order valence-electron chi connectivity index (χ3n) is 1.83. The number of nitrogens with zero attached hydrogens (tertiary/aromatic N) is 1. The van der Waals surface area contributed by atoms with Crippen LogP contribution in [0, 0.1) is 0 Å². The van der Waals surface area contributed by atoms with Gasteiger partial charge in [-0.2, -0.15) is 0 Å². The average Bonchev–Trinajstić information content (AvgIpc) is 2.31. The lowest BCUT2D eigenvalue weighted by Crippen LogP contribution is -2.29. The summed E-state index contributed by atoms with van der Waals surface area (Å²) in [5.74, 6) is -0.482. The summed E-state index contributed by atoms with van der Waals surface area (Å²) >= 11 is 0. The lowest BCUT2D eigenvalue weighted by Gasteiger charge is -2.16. The molecule has 4 heteroatoms. The maximum absolute atomic E-state index is 11.6. The number of benzene rings is 1. The molecule has 0 aliphatic rings. The second-order valence-corrected chi connectivity index (χ2v) is 3.05. The largest absolute Gasteiger partial charge is 0.363 e. The van der Waals surface area contributed by atoms with Gasteiger partial charge in [-0.25, -0.2) is 4.79 Å². The molecule has 0 saturated heterocycles. The van der Waals surface area contributed by atoms with Crippen LogP contribution < -0.4 is 0 Å². The Hall–Kier alpha value is -1.94. The molecule has 0 amide bonds. The normalized spacial score (nSPS) is 9.81. The zero-order chi connectivity index (χ0) is 11.8. The third-order valence-corrected chi connectivity index (χ3v) is 1.83. The number of aldehydes is 1. The maximum atomic E-state index is 11.6. The quantitative estimate of drug-likeness (QED) is 0.412. The zero-order valence-corrected chi connectivity index (χ0v) is 8.83. The first-order valence-electron chi connectivity index (χ1n) is 4.84. The molecule has 1 rings (SSSR count). The highest BCUT2D eigenvalue weighted by Crippen LogP contribution is 2.03. The number of rotatable bonds is 6. The lowest BCUT2D eigenvalue weighted by atomic mass is 10.2. The van der Waals surface area contributed by atoms with Crippen molar-refractivity contribution in [3.05, 3.63) is 48.6 Å². The van der Waals surface area contributed by atoms with E-state index in [4.69, 9.17) is 4.84 Å². The fourth-order valence-corrected chi connectivity index (χ4v) is 1.12. The van der Waals surface area contributed by atoms with Gasteiger partial charge >= 0.3 is 5.97 Å². The molecule has 0 heterocycles. The van der Waals surface area contributed by atoms with Crippen LogP contribution in [0.5, 0.6) is 0 Å². The predicted octanol–water partition coefficient (Wildman–Crippen LogP) is 1.45. The minimum atomic E-state index is -0.482. The zero-order valence-electron chi connectivity index (χ0n) is 8.83. The summed E-state index contributed by atoms with van der Waals surface area (Å²) in [6, 6.07) is 8.59. The molecule has 0 aliphatic carbocycles. The van der Waals surface area contributed by atoms with Crippen LogP contribution in [0.15, 0.2) is 43.0 Å². The molecule has 0 atom stereocenters. The van der Waals surface area contributed by atoms with Crippen LogP contribution in [-0.4, -0.2) is 30.4 Å². The molecule has 0 spiro atoms. The SMILES string of the molecule is C=CCN(CC=O)OC(=O)c1ccccc1. The summed E-state index contributed by atoms with van der Waals surface area (Å²) in [4.78, 5) is 26.9. The molecular formula is C12H13NO3. The Bertz CT molecular complexity index is 352. The van der Waals surface area contributed by atoms with Gasteiger partial charge in [0.25, 0.3) is 0 Å². The van der Waals surface area contributed by atoms with Gasteiger partial charge in [0.2, 0.25) is 0 Å². The molecule has 0 fully saturated rings. The van der Waals surface area contributed by atoms with Gasteiger partial charge in [-0.1, -0.05) is 24.3 Å². The highest BCUT2D eigenvalue weighted by molar-refractivity contribution is 5.89. The molecule has 16 heavy (non-hydrogen) atoms. The Balaban J connectivity index is 2.61. The Morgan fingerprint density at radius 1 is 1.31 bits per heavy atom. The van der Waals surface area contributed by atoms with Crippen LogP contribution in [0.4, 0.5) is 0 Å². The molecule has 0 aromatic heterocycles. The molecule has 0 N–H and O–H groups in total. The summed E-state index contributed by atoms with van der Waals surface area (Å²) < 4.78 is 0. The second kappa shape index (κ2) is 6.53. The summed E-state index contributed by atoms with van der Waals surface area (Å²) in [6.45, 7) is 3.86. The fraction of sp³-hybridized carbons (Fsp3) is 0.167. The molecule has 0 aliphatic heterocycles. The third kappa shape index (κ3) is 3.67. The monoisotopic (exact) mass is 219 g/mol. The van der Waals surface area contributed by atoms with Crippen molar-refractivity contribution < 1.29 is 14.4 Å². The van der Waals surface area contributed by atoms with Gasteiger partial charge in [0.1, 0.15) is 6.29 Å². The van der Waals surface area contributed by atoms with Crippen LogP contribution in [0.1, 0.15) is 10.4 Å². The Morgan fingerprint density at radius 2 is 2.00 bits per heavy atom. The van der Waals surface area contributed by atoms with Gasteiger partial charge in [-0.15, -0.1) is 11.6 Å². The van der Waals surface area contributed by atoms with Crippen molar-refractivity contribution in [2.45, 2.75) is 0 Å². The van der Waals surface area contributed by atoms with E-state index in [9.17, 15) is 9.59 Å². The number of hydrogen-bond donors (Lipinski definition) is 0. The lowest BCUT2D eigenvalue weighted by molar-refractivity contribution is -0.126. The van der Waals surface area contributed by atoms with Gasteiger partial charge in [-0.3, -0.25) is 0 Å². The fourth-order valence-electron chi connectivity index (χ4n) is 1.12. The van der Waals surface area contributed by atoms with E-state index in [0.717, 1.165) is 0 Å². The van der Waals surface area contributed by atoms with E-state index >= 15 is 0 Å². The smallest absolute Gasteiger partial charge is 0.357 e. The van der Waals surface area contributed by atoms with E-state index in [1.54, 1.807) is 30.3 Å². The van der Waals surface area contributed by atoms with Crippen molar-refractivity contribution >= 4 is 12.3 Å². The van der Waals surface area contributed by atoms with E-state index in [1.807, 2.05) is 6.07 Å². The molecule has 0 unspecified atom stereocenters. The standard InChI is InChI=1S/C12H13NO3/c1-2-8-13(9-10-14)16-12(15)11-6-4-3-5-7-11/h2-7,10H,1,8-9H2. The summed E-state index contributed by atoms with van der Waals surface area (Å²) in [5, 5.41) is 1.25. The molecule has 1 aromatic rings. The van der Waals surface area contributed by atoms with Crippen LogP contribution in [0.2, 0.25) is 0 Å². The van der Waals surface area contributed by atoms with Crippen molar-refractivity contribution in [2.24, 2.45) is 0 Å². The van der Waals surface area contributed by atoms with Crippen molar-refractivity contribution in [1.29, 1.82) is 0 Å². The summed E-state index contributed by atoms with van der Waals surface area (Å²) in [5.41, 5.74) is 0.447. The summed E-state index contributed by atoms with van der Waals surface area (Å²) in [7, 11) is 0. The number of hydrogen-bond acceptors (Lipinski definition) is 4. The van der Waals surface area contributed by atoms with Gasteiger partial charge < -0.3 is 9.63 Å². The number of carbonyl (C=O) groups is 2. The van der Waals surface area contributed by atoms with Crippen molar-refractivity contribution in [2.75, 3.05) is 13.1 Å². The first kappa shape index (κ1) is 12.1. The predicted molar refractivity (Wildman–Crippen MR) is 59.7 cm³/mol. The van der Waals surface area contributed by atoms with E-state index in [-0.39, 0.29) is 6.54 Å². The Labute approximate surface area is 94.1 Å². The van der Waals surface area contributed by atoms with Crippen molar-refractivity contribution in [3.63, 3.8) is 0 Å². The minimum Gasteiger partial charge on any atom is -0.363 e. The second-order valence-electron chi connectivity index (χ2n) is 3.05. The first-order chi connectivity index (χ1) is 7.77. The van der Waals surface area contributed by atoms with Crippen LogP contribution in [-0.2, 0) is 9.63 Å². The topological polar surface area (TPSA) is 46.6 Å². The van der Waals surface area contributed by atoms with Crippen molar-refractivity contribution in [1.82, 2.24) is 5.06 Å². The van der Waals surface area contributed by atoms with E-state index in [0.29, 0.717) is 18.4 Å². The van der Waals surface area contributed by atoms with E-state index in [2.05, 4.69) is 6.58 Å². The highest BCUT2D eigenvalue weighted by atomic mass is 16.7. The Kier molecular flexibility index (Phi) is 4.95. The molecule has 4 nitrogen and oxygen atoms in total. The highest BCUT2D eigenvalue weighted by Gasteiger charge is 2.11. The van der Waals surface area contributed by atoms with Crippen molar-refractivity contribution in [3.8, 4) is 0 Å². The number of carbonyl (C=O) groups excluding carboxylic acids is 2. The molecule has 84 valence electrons. The van der Waals surface area contributed by atoms with Gasteiger partial charge in [-0.05, 0) is 12.1 Å². The van der Waals surface area contributed by atoms with Gasteiger partial charge in [0, 0.05) is 0 Å². The Morgan fingerprint density at radius 3 is 2.56 bits per heavy atom. The number of hydroxylamine groups is 2. The molecule has 0 saturated carbocycles. The van der Waals surface area contributed by atoms with Gasteiger partial charge in [0.15, 0.2) is 0 Å². The van der Waals surface area contributed by atoms with Crippen LogP contribution in [0.25, 0.3) is 0 Å².